The van der Waals surface area contributed by atoms with Crippen molar-refractivity contribution in [3.63, 3.8) is 0 Å². The van der Waals surface area contributed by atoms with Gasteiger partial charge in [0.2, 0.25) is 0 Å². The molecule has 0 spiro atoms. The molecule has 0 rings (SSSR count). The summed E-state index contributed by atoms with van der Waals surface area (Å²) in [4.78, 5) is 0. The first-order valence-electron chi connectivity index (χ1n) is 10.5. The zero-order chi connectivity index (χ0) is 17.0. The van der Waals surface area contributed by atoms with Gasteiger partial charge in [0.05, 0.1) is 0 Å². The molecule has 0 heterocycles. The molecule has 0 fully saturated rings. The summed E-state index contributed by atoms with van der Waals surface area (Å²) in [5.41, 5.74) is 0. The maximum atomic E-state index is 5.58. The van der Waals surface area contributed by atoms with E-state index in [-0.39, 0.29) is 7.92 Å². The van der Waals surface area contributed by atoms with Crippen molar-refractivity contribution in [1.29, 1.82) is 0 Å². The van der Waals surface area contributed by atoms with E-state index in [1.165, 1.54) is 109 Å². The maximum Gasteiger partial charge on any atom is 0.0288 e. The maximum absolute atomic E-state index is 5.58. The highest BCUT2D eigenvalue weighted by atomic mass is 31.1. The Hall–Kier alpha value is -0.0100. The average molecular weight is 339 g/mol. The topological polar surface area (TPSA) is 0 Å². The van der Waals surface area contributed by atoms with E-state index in [1.54, 1.807) is 0 Å². The van der Waals surface area contributed by atoms with E-state index in [9.17, 15) is 0 Å². The molecule has 0 aliphatic heterocycles. The van der Waals surface area contributed by atoms with Gasteiger partial charge in [0.1, 0.15) is 0 Å². The summed E-state index contributed by atoms with van der Waals surface area (Å²) in [7, 11) is 0.145. The summed E-state index contributed by atoms with van der Waals surface area (Å²) >= 11 is 0. The lowest BCUT2D eigenvalue weighted by molar-refractivity contribution is 0.585. The van der Waals surface area contributed by atoms with Crippen LogP contribution in [0.5, 0.6) is 0 Å². The van der Waals surface area contributed by atoms with Gasteiger partial charge >= 0.3 is 0 Å². The predicted octanol–water partition coefficient (Wildman–Crippen LogP) is 7.99. The van der Waals surface area contributed by atoms with Gasteiger partial charge in [0.15, 0.2) is 0 Å². The number of hydrogen-bond donors (Lipinski definition) is 0. The molecule has 0 bridgehead atoms. The van der Waals surface area contributed by atoms with Gasteiger partial charge in [-0.1, -0.05) is 105 Å². The number of unbranched alkanes of at least 4 members (excludes halogenated alkanes) is 13. The Morgan fingerprint density at radius 2 is 0.913 bits per heavy atom. The van der Waals surface area contributed by atoms with Gasteiger partial charge in [-0.25, -0.2) is 0 Å². The summed E-state index contributed by atoms with van der Waals surface area (Å²) < 4.78 is 0. The van der Waals surface area contributed by atoms with Gasteiger partial charge in [-0.15, -0.1) is 12.3 Å². The van der Waals surface area contributed by atoms with Crippen LogP contribution in [0.3, 0.4) is 0 Å². The molecule has 136 valence electrons. The van der Waals surface area contributed by atoms with Crippen molar-refractivity contribution >= 4 is 7.92 Å². The minimum Gasteiger partial charge on any atom is -0.120 e. The summed E-state index contributed by atoms with van der Waals surface area (Å²) in [5.74, 6) is 2.94. The molecule has 0 aromatic carbocycles. The van der Waals surface area contributed by atoms with Crippen molar-refractivity contribution in [3.05, 3.63) is 0 Å². The molecule has 0 saturated carbocycles. The largest absolute Gasteiger partial charge is 0.120 e. The predicted molar refractivity (Wildman–Crippen MR) is 111 cm³/mol. The Kier molecular flexibility index (Phi) is 20.0. The lowest BCUT2D eigenvalue weighted by Crippen LogP contribution is -1.95. The van der Waals surface area contributed by atoms with E-state index in [4.69, 9.17) is 6.42 Å². The van der Waals surface area contributed by atoms with Crippen molar-refractivity contribution in [2.75, 3.05) is 18.5 Å². The van der Waals surface area contributed by atoms with Crippen LogP contribution in [0, 0.1) is 12.3 Å². The van der Waals surface area contributed by atoms with Gasteiger partial charge in [-0.3, -0.25) is 0 Å². The molecule has 0 saturated heterocycles. The molecule has 1 atom stereocenters. The molecular weight excluding hydrogens is 295 g/mol. The fourth-order valence-electron chi connectivity index (χ4n) is 3.16. The van der Waals surface area contributed by atoms with E-state index in [0.717, 1.165) is 6.16 Å². The van der Waals surface area contributed by atoms with Crippen molar-refractivity contribution in [2.45, 2.75) is 110 Å². The summed E-state index contributed by atoms with van der Waals surface area (Å²) in [5, 5.41) is 0. The number of rotatable bonds is 18. The van der Waals surface area contributed by atoms with Crippen LogP contribution in [-0.2, 0) is 0 Å². The summed E-state index contributed by atoms with van der Waals surface area (Å²) in [6, 6.07) is 0. The highest BCUT2D eigenvalue weighted by Crippen LogP contribution is 2.37. The molecule has 0 aromatic heterocycles. The second-order valence-electron chi connectivity index (χ2n) is 7.08. The minimum absolute atomic E-state index is 0.145. The van der Waals surface area contributed by atoms with E-state index < -0.39 is 0 Å². The van der Waals surface area contributed by atoms with Crippen LogP contribution < -0.4 is 0 Å². The second kappa shape index (κ2) is 20.0. The van der Waals surface area contributed by atoms with Crippen molar-refractivity contribution in [1.82, 2.24) is 0 Å². The third-order valence-electron chi connectivity index (χ3n) is 4.72. The van der Waals surface area contributed by atoms with Gasteiger partial charge in [0, 0.05) is 6.16 Å². The molecule has 0 aliphatic carbocycles. The normalized spacial score (nSPS) is 12.2. The molecule has 1 heteroatoms. The zero-order valence-electron chi connectivity index (χ0n) is 16.3. The van der Waals surface area contributed by atoms with E-state index in [1.807, 2.05) is 0 Å². The molecule has 0 aromatic rings. The van der Waals surface area contributed by atoms with E-state index >= 15 is 0 Å². The average Bonchev–Trinajstić information content (AvgIpc) is 2.56. The highest BCUT2D eigenvalue weighted by molar-refractivity contribution is 7.57. The minimum atomic E-state index is 0.145. The molecule has 0 radical (unpaired) electrons. The quantitative estimate of drug-likeness (QED) is 0.135. The lowest BCUT2D eigenvalue weighted by Gasteiger charge is -2.15. The van der Waals surface area contributed by atoms with Crippen LogP contribution >= 0.6 is 7.92 Å². The molecule has 23 heavy (non-hydrogen) atoms. The third kappa shape index (κ3) is 18.2. The van der Waals surface area contributed by atoms with Crippen LogP contribution in [0.15, 0.2) is 0 Å². The fourth-order valence-corrected chi connectivity index (χ4v) is 5.30. The van der Waals surface area contributed by atoms with Gasteiger partial charge in [-0.05, 0) is 25.2 Å². The molecule has 0 aliphatic rings. The SMILES string of the molecule is C#CCP(CCCCCCCCC)CCCCCCCCCC. The smallest absolute Gasteiger partial charge is 0.0288 e. The molecule has 0 nitrogen and oxygen atoms in total. The first kappa shape index (κ1) is 23.0. The summed E-state index contributed by atoms with van der Waals surface area (Å²) in [6.45, 7) is 4.58. The first-order chi connectivity index (χ1) is 11.3. The van der Waals surface area contributed by atoms with E-state index in [0.29, 0.717) is 0 Å². The molecule has 0 amide bonds. The number of hydrogen-bond acceptors (Lipinski definition) is 0. The standard InChI is InChI=1S/C22H43P/c1-4-7-9-11-13-15-17-19-22-23(20-6-3)21-18-16-14-12-10-8-5-2/h3H,4-5,7-22H2,1-2H3. The van der Waals surface area contributed by atoms with Gasteiger partial charge in [-0.2, -0.15) is 0 Å². The van der Waals surface area contributed by atoms with Crippen molar-refractivity contribution in [2.24, 2.45) is 0 Å². The number of terminal acetylenes is 1. The Labute approximate surface area is 149 Å². The van der Waals surface area contributed by atoms with Crippen LogP contribution in [0.4, 0.5) is 0 Å². The van der Waals surface area contributed by atoms with Crippen LogP contribution in [0.25, 0.3) is 0 Å². The molecule has 0 N–H and O–H groups in total. The first-order valence-corrected chi connectivity index (χ1v) is 12.4. The monoisotopic (exact) mass is 338 g/mol. The highest BCUT2D eigenvalue weighted by Gasteiger charge is 2.06. The lowest BCUT2D eigenvalue weighted by atomic mass is 10.1. The Morgan fingerprint density at radius 1 is 0.565 bits per heavy atom. The second-order valence-corrected chi connectivity index (χ2v) is 9.63. The third-order valence-corrected chi connectivity index (χ3v) is 7.25. The molecule has 1 unspecified atom stereocenters. The molecular formula is C22H43P. The zero-order valence-corrected chi connectivity index (χ0v) is 17.1. The van der Waals surface area contributed by atoms with Crippen LogP contribution in [0.2, 0.25) is 0 Å². The van der Waals surface area contributed by atoms with Gasteiger partial charge < -0.3 is 0 Å². The Bertz CT molecular complexity index is 253. The summed E-state index contributed by atoms with van der Waals surface area (Å²) in [6.07, 6.45) is 30.9. The van der Waals surface area contributed by atoms with Crippen LogP contribution in [0.1, 0.15) is 110 Å². The van der Waals surface area contributed by atoms with E-state index in [2.05, 4.69) is 19.8 Å². The van der Waals surface area contributed by atoms with Crippen LogP contribution in [-0.4, -0.2) is 18.5 Å². The fraction of sp³-hybridized carbons (Fsp3) is 0.909. The van der Waals surface area contributed by atoms with Gasteiger partial charge in [0.25, 0.3) is 0 Å². The van der Waals surface area contributed by atoms with Crippen molar-refractivity contribution < 1.29 is 0 Å². The Morgan fingerprint density at radius 3 is 1.26 bits per heavy atom. The van der Waals surface area contributed by atoms with Crippen molar-refractivity contribution in [3.8, 4) is 12.3 Å². The Balaban J connectivity index is 3.46.